The van der Waals surface area contributed by atoms with Crippen LogP contribution >= 0.6 is 0 Å². The summed E-state index contributed by atoms with van der Waals surface area (Å²) in [6.07, 6.45) is 2.94. The third kappa shape index (κ3) is 7.70. The number of nitrogens with zero attached hydrogens (tertiary/aromatic N) is 1. The number of hydrogen-bond donors (Lipinski definition) is 1. The summed E-state index contributed by atoms with van der Waals surface area (Å²) in [6, 6.07) is 17.3. The number of ether oxygens (including phenoxy) is 1. The van der Waals surface area contributed by atoms with Crippen LogP contribution in [0.5, 0.6) is 5.75 Å². The van der Waals surface area contributed by atoms with Crippen molar-refractivity contribution in [2.75, 3.05) is 19.9 Å². The summed E-state index contributed by atoms with van der Waals surface area (Å²) in [4.78, 5) is 12.1. The van der Waals surface area contributed by atoms with Gasteiger partial charge in [-0.1, -0.05) is 42.5 Å². The highest BCUT2D eigenvalue weighted by atomic mass is 32.2. The molecule has 0 spiro atoms. The Morgan fingerprint density at radius 2 is 1.71 bits per heavy atom. The van der Waals surface area contributed by atoms with E-state index < -0.39 is 10.0 Å². The smallest absolute Gasteiger partial charge is 0.258 e. The monoisotopic (exact) mass is 404 g/mol. The number of hydrogen-bond acceptors (Lipinski definition) is 4. The van der Waals surface area contributed by atoms with E-state index in [9.17, 15) is 13.2 Å². The van der Waals surface area contributed by atoms with Crippen LogP contribution in [0.3, 0.4) is 0 Å². The Balaban J connectivity index is 1.73. The molecule has 2 rings (SSSR count). The topological polar surface area (TPSA) is 75.7 Å². The summed E-state index contributed by atoms with van der Waals surface area (Å²) in [5, 5.41) is 2.94. The normalized spacial score (nSPS) is 12.6. The first-order chi connectivity index (χ1) is 13.2. The zero-order chi connectivity index (χ0) is 20.6. The largest absolute Gasteiger partial charge is 0.484 e. The van der Waals surface area contributed by atoms with Gasteiger partial charge in [0.25, 0.3) is 5.91 Å². The maximum absolute atomic E-state index is 12.1. The second-order valence-corrected chi connectivity index (χ2v) is 9.03. The Kier molecular flexibility index (Phi) is 8.02. The van der Waals surface area contributed by atoms with E-state index >= 15 is 0 Å². The van der Waals surface area contributed by atoms with Crippen LogP contribution in [0.2, 0.25) is 0 Å². The lowest BCUT2D eigenvalue weighted by molar-refractivity contribution is -0.123. The number of aryl methyl sites for hydroxylation is 1. The van der Waals surface area contributed by atoms with Crippen LogP contribution in [0.15, 0.2) is 54.6 Å². The Bertz CT molecular complexity index is 852. The minimum Gasteiger partial charge on any atom is -0.484 e. The van der Waals surface area contributed by atoms with Crippen LogP contribution in [-0.4, -0.2) is 44.6 Å². The highest BCUT2D eigenvalue weighted by Crippen LogP contribution is 2.14. The second-order valence-electron chi connectivity index (χ2n) is 6.94. The van der Waals surface area contributed by atoms with Gasteiger partial charge in [0, 0.05) is 19.6 Å². The highest BCUT2D eigenvalue weighted by Gasteiger charge is 2.12. The molecule has 0 aromatic heterocycles. The first kappa shape index (κ1) is 21.9. The first-order valence-electron chi connectivity index (χ1n) is 9.20. The predicted molar refractivity (Wildman–Crippen MR) is 111 cm³/mol. The summed E-state index contributed by atoms with van der Waals surface area (Å²) < 4.78 is 29.7. The van der Waals surface area contributed by atoms with Crippen LogP contribution < -0.4 is 10.1 Å². The van der Waals surface area contributed by atoms with Gasteiger partial charge in [-0.15, -0.1) is 0 Å². The molecule has 2 aromatic rings. The van der Waals surface area contributed by atoms with Gasteiger partial charge in [-0.3, -0.25) is 4.79 Å². The molecular weight excluding hydrogens is 376 g/mol. The number of carbonyl (C=O) groups is 1. The van der Waals surface area contributed by atoms with Crippen LogP contribution in [-0.2, 0) is 27.8 Å². The van der Waals surface area contributed by atoms with Gasteiger partial charge in [0.15, 0.2) is 6.61 Å². The average molecular weight is 405 g/mol. The lowest BCUT2D eigenvalue weighted by Crippen LogP contribution is -2.36. The fourth-order valence-corrected chi connectivity index (χ4v) is 3.01. The lowest BCUT2D eigenvalue weighted by atomic mass is 10.1. The van der Waals surface area contributed by atoms with Gasteiger partial charge in [-0.25, -0.2) is 12.7 Å². The van der Waals surface area contributed by atoms with E-state index in [0.717, 1.165) is 18.4 Å². The van der Waals surface area contributed by atoms with E-state index in [2.05, 4.69) is 17.4 Å². The molecule has 1 amide bonds. The molecule has 1 unspecified atom stereocenters. The Morgan fingerprint density at radius 1 is 1.07 bits per heavy atom. The number of rotatable bonds is 10. The molecule has 152 valence electrons. The number of benzene rings is 2. The summed E-state index contributed by atoms with van der Waals surface area (Å²) in [5.41, 5.74) is 2.10. The molecule has 0 saturated carbocycles. The number of sulfonamides is 1. The molecule has 0 bridgehead atoms. The van der Waals surface area contributed by atoms with Crippen LogP contribution in [0.1, 0.15) is 24.5 Å². The van der Waals surface area contributed by atoms with Crippen molar-refractivity contribution in [1.29, 1.82) is 0 Å². The fraction of sp³-hybridized carbons (Fsp3) is 0.381. The van der Waals surface area contributed by atoms with Crippen LogP contribution in [0, 0.1) is 0 Å². The Labute approximate surface area is 167 Å². The number of amides is 1. The summed E-state index contributed by atoms with van der Waals surface area (Å²) in [7, 11) is -1.69. The molecule has 28 heavy (non-hydrogen) atoms. The van der Waals surface area contributed by atoms with Crippen molar-refractivity contribution in [2.24, 2.45) is 0 Å². The maximum Gasteiger partial charge on any atom is 0.258 e. The van der Waals surface area contributed by atoms with Crippen molar-refractivity contribution in [3.63, 3.8) is 0 Å². The fourth-order valence-electron chi connectivity index (χ4n) is 2.63. The van der Waals surface area contributed by atoms with Gasteiger partial charge in [-0.2, -0.15) is 0 Å². The highest BCUT2D eigenvalue weighted by molar-refractivity contribution is 7.88. The Hall–Kier alpha value is -2.38. The summed E-state index contributed by atoms with van der Waals surface area (Å²) in [5.74, 6) is 0.402. The van der Waals surface area contributed by atoms with E-state index in [1.807, 2.05) is 25.1 Å². The standard InChI is InChI=1S/C21H28N2O4S/c1-17(9-10-18-7-5-4-6-8-18)22-21(24)16-27-20-13-11-19(12-14-20)15-23(2)28(3,25)26/h4-8,11-14,17H,9-10,15-16H2,1-3H3,(H,22,24). The molecule has 1 N–H and O–H groups in total. The number of carbonyl (C=O) groups excluding carboxylic acids is 1. The molecule has 0 heterocycles. The third-order valence-corrected chi connectivity index (χ3v) is 5.64. The molecule has 6 nitrogen and oxygen atoms in total. The van der Waals surface area contributed by atoms with E-state index in [-0.39, 0.29) is 18.6 Å². The van der Waals surface area contributed by atoms with Crippen molar-refractivity contribution < 1.29 is 17.9 Å². The van der Waals surface area contributed by atoms with E-state index in [1.54, 1.807) is 24.3 Å². The molecule has 0 aliphatic heterocycles. The molecule has 1 atom stereocenters. The molecule has 2 aromatic carbocycles. The molecule has 0 saturated heterocycles. The van der Waals surface area contributed by atoms with Crippen molar-refractivity contribution in [3.05, 3.63) is 65.7 Å². The lowest BCUT2D eigenvalue weighted by Gasteiger charge is -2.15. The molecule has 0 aliphatic carbocycles. The van der Waals surface area contributed by atoms with Gasteiger partial charge in [0.1, 0.15) is 5.75 Å². The second kappa shape index (κ2) is 10.2. The van der Waals surface area contributed by atoms with Crippen molar-refractivity contribution in [2.45, 2.75) is 32.4 Å². The molecular formula is C21H28N2O4S. The summed E-state index contributed by atoms with van der Waals surface area (Å²) >= 11 is 0. The predicted octanol–water partition coefficient (Wildman–Crippen LogP) is 2.59. The zero-order valence-electron chi connectivity index (χ0n) is 16.6. The molecule has 7 heteroatoms. The van der Waals surface area contributed by atoms with Gasteiger partial charge >= 0.3 is 0 Å². The minimum atomic E-state index is -3.22. The van der Waals surface area contributed by atoms with Crippen LogP contribution in [0.4, 0.5) is 0 Å². The third-order valence-electron chi connectivity index (χ3n) is 4.38. The Morgan fingerprint density at radius 3 is 2.32 bits per heavy atom. The van der Waals surface area contributed by atoms with E-state index in [1.165, 1.54) is 23.2 Å². The quantitative estimate of drug-likeness (QED) is 0.660. The molecule has 0 radical (unpaired) electrons. The van der Waals surface area contributed by atoms with Gasteiger partial charge in [-0.05, 0) is 43.0 Å². The van der Waals surface area contributed by atoms with Crippen molar-refractivity contribution >= 4 is 15.9 Å². The SMILES string of the molecule is CC(CCc1ccccc1)NC(=O)COc1ccc(CN(C)S(C)(=O)=O)cc1. The van der Waals surface area contributed by atoms with Crippen LogP contribution in [0.25, 0.3) is 0 Å². The maximum atomic E-state index is 12.1. The van der Waals surface area contributed by atoms with E-state index in [4.69, 9.17) is 4.74 Å². The average Bonchev–Trinajstić information content (AvgIpc) is 2.66. The van der Waals surface area contributed by atoms with Gasteiger partial charge < -0.3 is 10.1 Å². The van der Waals surface area contributed by atoms with Gasteiger partial charge in [0.05, 0.1) is 6.26 Å². The molecule has 0 aliphatic rings. The van der Waals surface area contributed by atoms with E-state index in [0.29, 0.717) is 12.3 Å². The zero-order valence-corrected chi connectivity index (χ0v) is 17.4. The van der Waals surface area contributed by atoms with Crippen molar-refractivity contribution in [3.8, 4) is 5.75 Å². The number of nitrogens with one attached hydrogen (secondary N) is 1. The minimum absolute atomic E-state index is 0.0573. The van der Waals surface area contributed by atoms with Crippen molar-refractivity contribution in [1.82, 2.24) is 9.62 Å². The van der Waals surface area contributed by atoms with Gasteiger partial charge in [0.2, 0.25) is 10.0 Å². The molecule has 0 fully saturated rings. The summed E-state index contributed by atoms with van der Waals surface area (Å²) in [6.45, 7) is 2.21. The first-order valence-corrected chi connectivity index (χ1v) is 11.0.